The largest absolute Gasteiger partial charge is 0.397 e. The molecular weight excluding hydrogens is 272 g/mol. The Hall–Kier alpha value is -2.88. The van der Waals surface area contributed by atoms with Gasteiger partial charge in [0.2, 0.25) is 0 Å². The zero-order valence-corrected chi connectivity index (χ0v) is 12.3. The Bertz CT molecular complexity index is 727. The minimum absolute atomic E-state index is 0.648. The van der Waals surface area contributed by atoms with E-state index in [-0.39, 0.29) is 0 Å². The van der Waals surface area contributed by atoms with Crippen LogP contribution in [0.25, 0.3) is 5.69 Å². The molecule has 22 heavy (non-hydrogen) atoms. The van der Waals surface area contributed by atoms with E-state index in [1.807, 2.05) is 47.1 Å². The Labute approximate surface area is 130 Å². The van der Waals surface area contributed by atoms with Gasteiger partial charge in [-0.15, -0.1) is 0 Å². The lowest BCUT2D eigenvalue weighted by Crippen LogP contribution is -2.38. The molecule has 0 radical (unpaired) electrons. The molecule has 110 valence electrons. The second-order valence-electron chi connectivity index (χ2n) is 5.08. The van der Waals surface area contributed by atoms with E-state index in [1.54, 1.807) is 6.20 Å². The molecule has 0 aliphatic carbocycles. The molecule has 0 saturated heterocycles. The lowest BCUT2D eigenvalue weighted by atomic mass is 10.1. The van der Waals surface area contributed by atoms with E-state index in [4.69, 9.17) is 5.73 Å². The molecule has 0 saturated carbocycles. The number of nitrogens with zero attached hydrogens (tertiary/aromatic N) is 2. The molecular formula is C18H19N4+. The maximum absolute atomic E-state index is 5.87. The van der Waals surface area contributed by atoms with E-state index in [9.17, 15) is 0 Å². The van der Waals surface area contributed by atoms with Gasteiger partial charge in [0.25, 0.3) is 0 Å². The predicted molar refractivity (Wildman–Crippen MR) is 88.8 cm³/mol. The number of aromatic nitrogens is 2. The van der Waals surface area contributed by atoms with E-state index >= 15 is 0 Å². The second-order valence-corrected chi connectivity index (χ2v) is 5.08. The van der Waals surface area contributed by atoms with Gasteiger partial charge in [-0.3, -0.25) is 5.32 Å². The third kappa shape index (κ3) is 3.41. The zero-order chi connectivity index (χ0) is 15.2. The van der Waals surface area contributed by atoms with Gasteiger partial charge in [0.05, 0.1) is 24.5 Å². The van der Waals surface area contributed by atoms with Crippen LogP contribution in [0.3, 0.4) is 0 Å². The molecule has 0 unspecified atom stereocenters. The minimum atomic E-state index is 0.648. The fourth-order valence-electron chi connectivity index (χ4n) is 2.32. The zero-order valence-electron chi connectivity index (χ0n) is 12.3. The Kier molecular flexibility index (Phi) is 4.30. The van der Waals surface area contributed by atoms with Crippen molar-refractivity contribution in [2.45, 2.75) is 6.42 Å². The fraction of sp³-hybridized carbons (Fsp3) is 0.111. The molecule has 3 aromatic rings. The van der Waals surface area contributed by atoms with E-state index < -0.39 is 0 Å². The van der Waals surface area contributed by atoms with Crippen molar-refractivity contribution >= 4 is 11.5 Å². The summed E-state index contributed by atoms with van der Waals surface area (Å²) in [4.78, 5) is 0. The highest BCUT2D eigenvalue weighted by molar-refractivity contribution is 5.44. The Balaban J connectivity index is 1.76. The van der Waals surface area contributed by atoms with Crippen molar-refractivity contribution in [3.63, 3.8) is 0 Å². The van der Waals surface area contributed by atoms with Crippen molar-refractivity contribution in [1.29, 1.82) is 0 Å². The first-order chi connectivity index (χ1) is 10.8. The van der Waals surface area contributed by atoms with Crippen molar-refractivity contribution in [3.05, 3.63) is 78.5 Å². The number of anilines is 2. The van der Waals surface area contributed by atoms with E-state index in [2.05, 4.69) is 34.7 Å². The molecule has 4 heteroatoms. The van der Waals surface area contributed by atoms with Crippen molar-refractivity contribution in [2.24, 2.45) is 0 Å². The topological polar surface area (TPSA) is 54.8 Å². The smallest absolute Gasteiger partial charge is 0.302 e. The molecule has 0 atom stereocenters. The first kappa shape index (κ1) is 14.1. The number of hydrogen-bond donors (Lipinski definition) is 2. The van der Waals surface area contributed by atoms with Crippen molar-refractivity contribution in [2.75, 3.05) is 17.6 Å². The highest BCUT2D eigenvalue weighted by Crippen LogP contribution is 2.09. The molecule has 0 bridgehead atoms. The van der Waals surface area contributed by atoms with Crippen molar-refractivity contribution < 1.29 is 4.68 Å². The van der Waals surface area contributed by atoms with Crippen LogP contribution in [0.5, 0.6) is 0 Å². The number of para-hydroxylation sites is 1. The van der Waals surface area contributed by atoms with Gasteiger partial charge in [-0.1, -0.05) is 58.3 Å². The number of benzene rings is 2. The van der Waals surface area contributed by atoms with E-state index in [1.165, 1.54) is 5.56 Å². The third-order valence-corrected chi connectivity index (χ3v) is 3.42. The summed E-state index contributed by atoms with van der Waals surface area (Å²) in [7, 11) is 0. The van der Waals surface area contributed by atoms with E-state index in [0.717, 1.165) is 24.5 Å². The quantitative estimate of drug-likeness (QED) is 0.710. The van der Waals surface area contributed by atoms with Crippen LogP contribution in [0.2, 0.25) is 0 Å². The maximum Gasteiger partial charge on any atom is 0.302 e. The monoisotopic (exact) mass is 291 g/mol. The molecule has 0 fully saturated rings. The number of nitrogen functional groups attached to an aromatic ring is 1. The van der Waals surface area contributed by atoms with E-state index in [0.29, 0.717) is 5.69 Å². The Morgan fingerprint density at radius 2 is 1.64 bits per heavy atom. The molecule has 2 aromatic carbocycles. The molecule has 3 N–H and O–H groups in total. The van der Waals surface area contributed by atoms with Gasteiger partial charge >= 0.3 is 5.82 Å². The van der Waals surface area contributed by atoms with Crippen LogP contribution in [0.1, 0.15) is 5.56 Å². The summed E-state index contributed by atoms with van der Waals surface area (Å²) in [6.45, 7) is 0.821. The van der Waals surface area contributed by atoms with Crippen LogP contribution < -0.4 is 15.7 Å². The van der Waals surface area contributed by atoms with Gasteiger partial charge in [-0.05, 0) is 17.7 Å². The summed E-state index contributed by atoms with van der Waals surface area (Å²) < 4.78 is 1.86. The van der Waals surface area contributed by atoms with Crippen LogP contribution in [0.4, 0.5) is 11.5 Å². The number of nitrogens with two attached hydrogens (primary N) is 1. The number of nitrogens with one attached hydrogen (secondary N) is 1. The van der Waals surface area contributed by atoms with Gasteiger partial charge in [0.1, 0.15) is 0 Å². The SMILES string of the molecule is Nc1cn[n+](-c2ccccc2)c(NCCc2ccccc2)c1. The van der Waals surface area contributed by atoms with Crippen LogP contribution in [-0.4, -0.2) is 11.6 Å². The first-order valence-electron chi connectivity index (χ1n) is 7.34. The molecule has 0 amide bonds. The summed E-state index contributed by atoms with van der Waals surface area (Å²) >= 11 is 0. The number of rotatable bonds is 5. The van der Waals surface area contributed by atoms with Gasteiger partial charge in [-0.2, -0.15) is 0 Å². The van der Waals surface area contributed by atoms with Crippen molar-refractivity contribution in [3.8, 4) is 5.69 Å². The first-order valence-corrected chi connectivity index (χ1v) is 7.34. The summed E-state index contributed by atoms with van der Waals surface area (Å²) in [6, 6.07) is 22.3. The lowest BCUT2D eigenvalue weighted by Gasteiger charge is -2.06. The lowest BCUT2D eigenvalue weighted by molar-refractivity contribution is -0.645. The molecule has 3 rings (SSSR count). The predicted octanol–water partition coefficient (Wildman–Crippen LogP) is 2.60. The highest BCUT2D eigenvalue weighted by atomic mass is 15.3. The molecule has 0 spiro atoms. The summed E-state index contributed by atoms with van der Waals surface area (Å²) in [5, 5.41) is 7.82. The molecule has 4 nitrogen and oxygen atoms in total. The summed E-state index contributed by atoms with van der Waals surface area (Å²) in [5.74, 6) is 0.891. The number of hydrogen-bond acceptors (Lipinski definition) is 3. The van der Waals surface area contributed by atoms with Gasteiger partial charge < -0.3 is 5.73 Å². The third-order valence-electron chi connectivity index (χ3n) is 3.42. The molecule has 1 heterocycles. The Morgan fingerprint density at radius 3 is 2.36 bits per heavy atom. The fourth-order valence-corrected chi connectivity index (χ4v) is 2.32. The Morgan fingerprint density at radius 1 is 0.955 bits per heavy atom. The van der Waals surface area contributed by atoms with Crippen LogP contribution in [-0.2, 0) is 6.42 Å². The second kappa shape index (κ2) is 6.72. The van der Waals surface area contributed by atoms with Crippen LogP contribution >= 0.6 is 0 Å². The average molecular weight is 291 g/mol. The van der Waals surface area contributed by atoms with Gasteiger partial charge in [0, 0.05) is 6.42 Å². The van der Waals surface area contributed by atoms with Crippen LogP contribution in [0, 0.1) is 0 Å². The average Bonchev–Trinajstić information content (AvgIpc) is 2.57. The molecule has 1 aromatic heterocycles. The van der Waals surface area contributed by atoms with Gasteiger partial charge in [-0.25, -0.2) is 0 Å². The molecule has 0 aliphatic rings. The van der Waals surface area contributed by atoms with Crippen molar-refractivity contribution in [1.82, 2.24) is 5.10 Å². The standard InChI is InChI=1S/C18H18N4/c19-16-13-18(20-12-11-15-7-3-1-4-8-15)22(21-14-16)17-9-5-2-6-10-17/h1-10,13-14H,11-12H2,(H2,19,20)/p+1. The summed E-state index contributed by atoms with van der Waals surface area (Å²) in [6.07, 6.45) is 2.61. The maximum atomic E-state index is 5.87. The normalized spacial score (nSPS) is 10.4. The van der Waals surface area contributed by atoms with Gasteiger partial charge in [0.15, 0.2) is 5.69 Å². The molecule has 0 aliphatic heterocycles. The minimum Gasteiger partial charge on any atom is -0.397 e. The summed E-state index contributed by atoms with van der Waals surface area (Å²) in [5.41, 5.74) is 8.83. The van der Waals surface area contributed by atoms with Crippen LogP contribution in [0.15, 0.2) is 72.9 Å². The highest BCUT2D eigenvalue weighted by Gasteiger charge is 2.13.